The number of piperazine rings is 1. The largest absolute Gasteiger partial charge is 0.369 e. The molecule has 0 saturated carbocycles. The van der Waals surface area contributed by atoms with E-state index >= 15 is 0 Å². The number of nitrogens with one attached hydrogen (secondary N) is 1. The minimum Gasteiger partial charge on any atom is -0.369 e. The molecule has 1 aliphatic heterocycles. The number of aryl methyl sites for hydroxylation is 1. The van der Waals surface area contributed by atoms with Gasteiger partial charge in [-0.25, -0.2) is 4.68 Å². The zero-order valence-electron chi connectivity index (χ0n) is 17.0. The Bertz CT molecular complexity index is 1220. The van der Waals surface area contributed by atoms with E-state index in [1.807, 2.05) is 35.9 Å². The molecule has 0 unspecified atom stereocenters. The predicted octanol–water partition coefficient (Wildman–Crippen LogP) is 3.77. The third kappa shape index (κ3) is 3.67. The molecule has 0 amide bonds. The van der Waals surface area contributed by atoms with Crippen molar-refractivity contribution in [1.29, 1.82) is 0 Å². The second kappa shape index (κ2) is 8.68. The molecular formula is C22H25Cl2N5O. The maximum atomic E-state index is 12.6. The highest BCUT2D eigenvalue weighted by atomic mass is 35.5. The standard InChI is InChI=1S/C22H23N5O.2ClH/c1-15-20-18-5-3-4-6-19(18)22(28)23-21(20)27(24-15)17-9-7-16(8-10-17)26-13-11-25(2)12-14-26;;/h3-10H,11-14H2,1-2H3,(H,23,28);2*1H. The normalized spacial score (nSPS) is 14.5. The van der Waals surface area contributed by atoms with Crippen LogP contribution in [0.15, 0.2) is 53.3 Å². The molecule has 6 nitrogen and oxygen atoms in total. The number of fused-ring (bicyclic) bond motifs is 3. The van der Waals surface area contributed by atoms with E-state index in [9.17, 15) is 4.79 Å². The molecule has 0 bridgehead atoms. The highest BCUT2D eigenvalue weighted by molar-refractivity contribution is 6.05. The molecule has 3 heterocycles. The lowest BCUT2D eigenvalue weighted by molar-refractivity contribution is 0.313. The molecule has 1 saturated heterocycles. The number of aromatic nitrogens is 3. The first-order chi connectivity index (χ1) is 13.6. The van der Waals surface area contributed by atoms with E-state index in [4.69, 9.17) is 5.10 Å². The topological polar surface area (TPSA) is 57.2 Å². The first-order valence-electron chi connectivity index (χ1n) is 9.66. The van der Waals surface area contributed by atoms with E-state index in [2.05, 4.69) is 46.1 Å². The van der Waals surface area contributed by atoms with Gasteiger partial charge in [0.25, 0.3) is 5.56 Å². The number of hydrogen-bond donors (Lipinski definition) is 1. The summed E-state index contributed by atoms with van der Waals surface area (Å²) in [5, 5.41) is 7.37. The van der Waals surface area contributed by atoms with E-state index < -0.39 is 0 Å². The number of hydrogen-bond acceptors (Lipinski definition) is 4. The van der Waals surface area contributed by atoms with Gasteiger partial charge < -0.3 is 14.8 Å². The van der Waals surface area contributed by atoms with Crippen molar-refractivity contribution in [3.05, 3.63) is 64.6 Å². The fraction of sp³-hybridized carbons (Fsp3) is 0.273. The second-order valence-electron chi connectivity index (χ2n) is 7.53. The smallest absolute Gasteiger partial charge is 0.257 e. The number of benzene rings is 2. The second-order valence-corrected chi connectivity index (χ2v) is 7.53. The number of nitrogens with zero attached hydrogens (tertiary/aromatic N) is 4. The quantitative estimate of drug-likeness (QED) is 0.510. The van der Waals surface area contributed by atoms with Gasteiger partial charge in [0.1, 0.15) is 5.65 Å². The van der Waals surface area contributed by atoms with Gasteiger partial charge in [-0.1, -0.05) is 18.2 Å². The highest BCUT2D eigenvalue weighted by Gasteiger charge is 2.16. The Labute approximate surface area is 187 Å². The Morgan fingerprint density at radius 3 is 2.13 bits per heavy atom. The lowest BCUT2D eigenvalue weighted by atomic mass is 10.1. The molecule has 1 N–H and O–H groups in total. The van der Waals surface area contributed by atoms with E-state index in [1.54, 1.807) is 0 Å². The minimum absolute atomic E-state index is 0. The number of anilines is 1. The lowest BCUT2D eigenvalue weighted by Gasteiger charge is -2.34. The molecule has 158 valence electrons. The summed E-state index contributed by atoms with van der Waals surface area (Å²) < 4.78 is 1.84. The van der Waals surface area contributed by atoms with Crippen molar-refractivity contribution in [2.24, 2.45) is 0 Å². The summed E-state index contributed by atoms with van der Waals surface area (Å²) in [5.41, 5.74) is 3.74. The van der Waals surface area contributed by atoms with Crippen LogP contribution < -0.4 is 10.5 Å². The number of aromatic amines is 1. The first-order valence-corrected chi connectivity index (χ1v) is 9.66. The number of pyridine rings is 1. The zero-order chi connectivity index (χ0) is 19.3. The Kier molecular flexibility index (Phi) is 6.41. The van der Waals surface area contributed by atoms with Crippen molar-refractivity contribution in [3.63, 3.8) is 0 Å². The molecule has 8 heteroatoms. The maximum Gasteiger partial charge on any atom is 0.257 e. The van der Waals surface area contributed by atoms with Crippen LogP contribution in [0.2, 0.25) is 0 Å². The van der Waals surface area contributed by atoms with Crippen LogP contribution in [0.3, 0.4) is 0 Å². The van der Waals surface area contributed by atoms with E-state index in [0.29, 0.717) is 5.39 Å². The van der Waals surface area contributed by atoms with Gasteiger partial charge in [0.05, 0.1) is 11.4 Å². The van der Waals surface area contributed by atoms with E-state index in [-0.39, 0.29) is 30.4 Å². The summed E-state index contributed by atoms with van der Waals surface area (Å²) in [7, 11) is 2.16. The highest BCUT2D eigenvalue weighted by Crippen LogP contribution is 2.27. The minimum atomic E-state index is -0.0849. The van der Waals surface area contributed by atoms with E-state index in [1.165, 1.54) is 5.69 Å². The zero-order valence-corrected chi connectivity index (χ0v) is 18.6. The Hall–Kier alpha value is -2.54. The van der Waals surface area contributed by atoms with Crippen molar-refractivity contribution in [1.82, 2.24) is 19.7 Å². The predicted molar refractivity (Wildman–Crippen MR) is 128 cm³/mol. The third-order valence-electron chi connectivity index (χ3n) is 5.70. The summed E-state index contributed by atoms with van der Waals surface area (Å²) >= 11 is 0. The van der Waals surface area contributed by atoms with Crippen LogP contribution in [-0.4, -0.2) is 52.9 Å². The number of likely N-dealkylation sites (N-methyl/N-ethyl adjacent to an activating group) is 1. The van der Waals surface area contributed by atoms with Gasteiger partial charge >= 0.3 is 0 Å². The van der Waals surface area contributed by atoms with Crippen molar-refractivity contribution in [2.45, 2.75) is 6.92 Å². The molecule has 0 aliphatic carbocycles. The SMILES string of the molecule is Cc1nn(-c2ccc(N3CCN(C)CC3)cc2)c2[nH]c(=O)c3ccccc3c12.Cl.Cl. The molecule has 2 aromatic carbocycles. The van der Waals surface area contributed by atoms with Gasteiger partial charge in [-0.3, -0.25) is 4.79 Å². The summed E-state index contributed by atoms with van der Waals surface area (Å²) in [5.74, 6) is 0. The molecule has 0 radical (unpaired) electrons. The number of rotatable bonds is 2. The summed E-state index contributed by atoms with van der Waals surface area (Å²) in [6.07, 6.45) is 0. The summed E-state index contributed by atoms with van der Waals surface area (Å²) in [6, 6.07) is 16.1. The summed E-state index contributed by atoms with van der Waals surface area (Å²) in [4.78, 5) is 20.4. The maximum absolute atomic E-state index is 12.6. The fourth-order valence-corrected chi connectivity index (χ4v) is 4.10. The van der Waals surface area contributed by atoms with Gasteiger partial charge in [0.2, 0.25) is 0 Å². The Morgan fingerprint density at radius 1 is 0.867 bits per heavy atom. The van der Waals surface area contributed by atoms with Crippen molar-refractivity contribution < 1.29 is 0 Å². The molecule has 4 aromatic rings. The molecule has 5 rings (SSSR count). The summed E-state index contributed by atoms with van der Waals surface area (Å²) in [6.45, 7) is 6.23. The lowest BCUT2D eigenvalue weighted by Crippen LogP contribution is -2.44. The first kappa shape index (κ1) is 22.2. The van der Waals surface area contributed by atoms with Gasteiger partial charge in [0.15, 0.2) is 0 Å². The molecular weight excluding hydrogens is 421 g/mol. The van der Waals surface area contributed by atoms with Crippen LogP contribution in [-0.2, 0) is 0 Å². The van der Waals surface area contributed by atoms with Gasteiger partial charge in [-0.2, -0.15) is 5.10 Å². The average Bonchev–Trinajstić information content (AvgIpc) is 3.05. The van der Waals surface area contributed by atoms with Crippen LogP contribution in [0.4, 0.5) is 5.69 Å². The van der Waals surface area contributed by atoms with Crippen molar-refractivity contribution in [2.75, 3.05) is 38.1 Å². The van der Waals surface area contributed by atoms with Crippen LogP contribution in [0.25, 0.3) is 27.5 Å². The Morgan fingerprint density at radius 2 is 1.47 bits per heavy atom. The molecule has 1 aliphatic rings. The monoisotopic (exact) mass is 445 g/mol. The van der Waals surface area contributed by atoms with Crippen LogP contribution in [0.5, 0.6) is 0 Å². The molecule has 1 fully saturated rings. The number of halogens is 2. The molecule has 30 heavy (non-hydrogen) atoms. The molecule has 0 atom stereocenters. The van der Waals surface area contributed by atoms with Gasteiger partial charge in [-0.15, -0.1) is 24.8 Å². The molecule has 2 aromatic heterocycles. The van der Waals surface area contributed by atoms with Gasteiger partial charge in [-0.05, 0) is 44.3 Å². The average molecular weight is 446 g/mol. The number of H-pyrrole nitrogens is 1. The van der Waals surface area contributed by atoms with Gasteiger partial charge in [0, 0.05) is 48.0 Å². The molecule has 0 spiro atoms. The van der Waals surface area contributed by atoms with Crippen LogP contribution in [0, 0.1) is 6.92 Å². The van der Waals surface area contributed by atoms with Crippen LogP contribution >= 0.6 is 24.8 Å². The van der Waals surface area contributed by atoms with Crippen LogP contribution in [0.1, 0.15) is 5.69 Å². The van der Waals surface area contributed by atoms with E-state index in [0.717, 1.165) is 54.0 Å². The van der Waals surface area contributed by atoms with Crippen molar-refractivity contribution in [3.8, 4) is 5.69 Å². The fourth-order valence-electron chi connectivity index (χ4n) is 4.10. The van der Waals surface area contributed by atoms with Crippen molar-refractivity contribution >= 4 is 52.3 Å². The Balaban J connectivity index is 0.00000128. The third-order valence-corrected chi connectivity index (χ3v) is 5.70.